The van der Waals surface area contributed by atoms with Crippen molar-refractivity contribution in [1.29, 1.82) is 0 Å². The Labute approximate surface area is 152 Å². The molecule has 0 bridgehead atoms. The Hall–Kier alpha value is -2.80. The highest BCUT2D eigenvalue weighted by atomic mass is 32.2. The van der Waals surface area contributed by atoms with Crippen LogP contribution in [0.4, 0.5) is 5.69 Å². The average molecular weight is 373 g/mol. The molecule has 0 N–H and O–H groups in total. The molecule has 0 radical (unpaired) electrons. The van der Waals surface area contributed by atoms with Gasteiger partial charge in [-0.05, 0) is 54.6 Å². The van der Waals surface area contributed by atoms with Crippen LogP contribution in [0.25, 0.3) is 0 Å². The smallest absolute Gasteiger partial charge is 0.258 e. The Morgan fingerprint density at radius 3 is 1.96 bits per heavy atom. The van der Waals surface area contributed by atoms with Crippen LogP contribution in [0.5, 0.6) is 11.5 Å². The molecule has 0 spiro atoms. The molecular formula is C19H19NO5S. The molecule has 7 heteroatoms. The maximum Gasteiger partial charge on any atom is 0.258 e. The standard InChI is InChI=1S/C19H19NO5S/c1-24-17-7-3-14(4-8-17)19(21)20(16-11-12-26(22,23)13-16)15-5-9-18(25-2)10-6-15/h3-12,16H,13H2,1-2H3/t16-/m1/s1. The topological polar surface area (TPSA) is 72.9 Å². The molecule has 1 heterocycles. The molecular weight excluding hydrogens is 354 g/mol. The van der Waals surface area contributed by atoms with Crippen molar-refractivity contribution in [3.05, 3.63) is 65.6 Å². The van der Waals surface area contributed by atoms with Gasteiger partial charge in [0.2, 0.25) is 0 Å². The van der Waals surface area contributed by atoms with Crippen molar-refractivity contribution in [2.75, 3.05) is 24.9 Å². The number of amides is 1. The van der Waals surface area contributed by atoms with Gasteiger partial charge in [0.25, 0.3) is 5.91 Å². The number of nitrogens with zero attached hydrogens (tertiary/aromatic N) is 1. The Balaban J connectivity index is 1.98. The molecule has 1 atom stereocenters. The highest BCUT2D eigenvalue weighted by molar-refractivity contribution is 7.94. The van der Waals surface area contributed by atoms with Crippen molar-refractivity contribution < 1.29 is 22.7 Å². The predicted molar refractivity (Wildman–Crippen MR) is 99.5 cm³/mol. The predicted octanol–water partition coefficient (Wildman–Crippen LogP) is 2.66. The molecule has 1 aliphatic heterocycles. The molecule has 2 aromatic rings. The number of carbonyl (C=O) groups excluding carboxylic acids is 1. The van der Waals surface area contributed by atoms with Gasteiger partial charge in [0.1, 0.15) is 11.5 Å². The van der Waals surface area contributed by atoms with E-state index in [1.807, 2.05) is 0 Å². The van der Waals surface area contributed by atoms with Crippen LogP contribution < -0.4 is 14.4 Å². The number of sulfone groups is 1. The second kappa shape index (κ2) is 7.21. The van der Waals surface area contributed by atoms with Crippen LogP contribution in [-0.2, 0) is 9.84 Å². The second-order valence-electron chi connectivity index (χ2n) is 5.83. The van der Waals surface area contributed by atoms with E-state index in [1.165, 1.54) is 4.90 Å². The molecule has 1 amide bonds. The Morgan fingerprint density at radius 2 is 1.50 bits per heavy atom. The van der Waals surface area contributed by atoms with E-state index in [-0.39, 0.29) is 11.7 Å². The number of hydrogen-bond donors (Lipinski definition) is 0. The van der Waals surface area contributed by atoms with Crippen LogP contribution >= 0.6 is 0 Å². The molecule has 3 rings (SSSR count). The van der Waals surface area contributed by atoms with E-state index in [4.69, 9.17) is 9.47 Å². The summed E-state index contributed by atoms with van der Waals surface area (Å²) in [6.45, 7) is 0. The van der Waals surface area contributed by atoms with Crippen LogP contribution in [-0.4, -0.2) is 40.3 Å². The first-order valence-corrected chi connectivity index (χ1v) is 9.68. The SMILES string of the molecule is COc1ccc(C(=O)N(c2ccc(OC)cc2)[C@@H]2C=CS(=O)(=O)C2)cc1. The van der Waals surface area contributed by atoms with Crippen LogP contribution in [0.1, 0.15) is 10.4 Å². The van der Waals surface area contributed by atoms with E-state index in [0.29, 0.717) is 22.7 Å². The van der Waals surface area contributed by atoms with Gasteiger partial charge in [0.05, 0.1) is 26.0 Å². The molecule has 136 valence electrons. The van der Waals surface area contributed by atoms with Crippen molar-refractivity contribution in [3.63, 3.8) is 0 Å². The van der Waals surface area contributed by atoms with Crippen LogP contribution in [0.3, 0.4) is 0 Å². The lowest BCUT2D eigenvalue weighted by atomic mass is 10.1. The molecule has 0 unspecified atom stereocenters. The summed E-state index contributed by atoms with van der Waals surface area (Å²) in [5.74, 6) is 0.867. The van der Waals surface area contributed by atoms with Crippen molar-refractivity contribution >= 4 is 21.4 Å². The minimum atomic E-state index is -3.31. The van der Waals surface area contributed by atoms with Gasteiger partial charge in [-0.25, -0.2) is 8.42 Å². The third kappa shape index (κ3) is 3.72. The lowest BCUT2D eigenvalue weighted by molar-refractivity contribution is 0.0983. The quantitative estimate of drug-likeness (QED) is 0.806. The summed E-state index contributed by atoms with van der Waals surface area (Å²) in [6, 6.07) is 13.1. The minimum Gasteiger partial charge on any atom is -0.497 e. The van der Waals surface area contributed by atoms with E-state index in [9.17, 15) is 13.2 Å². The third-order valence-corrected chi connectivity index (χ3v) is 5.53. The largest absolute Gasteiger partial charge is 0.497 e. The molecule has 0 aliphatic carbocycles. The molecule has 6 nitrogen and oxygen atoms in total. The van der Waals surface area contributed by atoms with Gasteiger partial charge in [-0.1, -0.05) is 0 Å². The third-order valence-electron chi connectivity index (χ3n) is 4.15. The summed E-state index contributed by atoms with van der Waals surface area (Å²) in [5, 5.41) is 1.16. The number of carbonyl (C=O) groups is 1. The van der Waals surface area contributed by atoms with Crippen LogP contribution in [0.2, 0.25) is 0 Å². The zero-order chi connectivity index (χ0) is 18.7. The van der Waals surface area contributed by atoms with Crippen molar-refractivity contribution in [2.45, 2.75) is 6.04 Å². The van der Waals surface area contributed by atoms with Gasteiger partial charge in [0, 0.05) is 16.7 Å². The zero-order valence-electron chi connectivity index (χ0n) is 14.5. The first kappa shape index (κ1) is 18.0. The van der Waals surface area contributed by atoms with Gasteiger partial charge >= 0.3 is 0 Å². The highest BCUT2D eigenvalue weighted by Crippen LogP contribution is 2.27. The van der Waals surface area contributed by atoms with E-state index in [2.05, 4.69) is 0 Å². The monoisotopic (exact) mass is 373 g/mol. The van der Waals surface area contributed by atoms with E-state index >= 15 is 0 Å². The Bertz CT molecular complexity index is 917. The summed E-state index contributed by atoms with van der Waals surface area (Å²) in [5.41, 5.74) is 1.04. The summed E-state index contributed by atoms with van der Waals surface area (Å²) < 4.78 is 34.0. The molecule has 0 saturated heterocycles. The van der Waals surface area contributed by atoms with Gasteiger partial charge < -0.3 is 14.4 Å². The first-order chi connectivity index (χ1) is 12.4. The zero-order valence-corrected chi connectivity index (χ0v) is 15.3. The second-order valence-corrected chi connectivity index (χ2v) is 7.76. The molecule has 0 fully saturated rings. The van der Waals surface area contributed by atoms with Crippen molar-refractivity contribution in [1.82, 2.24) is 0 Å². The minimum absolute atomic E-state index is 0.138. The molecule has 1 aliphatic rings. The Morgan fingerprint density at radius 1 is 0.962 bits per heavy atom. The number of ether oxygens (including phenoxy) is 2. The maximum atomic E-state index is 13.1. The van der Waals surface area contributed by atoms with Crippen LogP contribution in [0.15, 0.2) is 60.0 Å². The lowest BCUT2D eigenvalue weighted by Crippen LogP contribution is -2.41. The van der Waals surface area contributed by atoms with Gasteiger partial charge in [-0.15, -0.1) is 0 Å². The fourth-order valence-electron chi connectivity index (χ4n) is 2.79. The fraction of sp³-hybridized carbons (Fsp3) is 0.211. The number of benzene rings is 2. The molecule has 2 aromatic carbocycles. The van der Waals surface area contributed by atoms with Crippen molar-refractivity contribution in [3.8, 4) is 11.5 Å². The van der Waals surface area contributed by atoms with E-state index < -0.39 is 15.9 Å². The van der Waals surface area contributed by atoms with E-state index in [1.54, 1.807) is 68.8 Å². The summed E-state index contributed by atoms with van der Waals surface area (Å²) >= 11 is 0. The van der Waals surface area contributed by atoms with E-state index in [0.717, 1.165) is 5.41 Å². The molecule has 0 aromatic heterocycles. The number of methoxy groups -OCH3 is 2. The average Bonchev–Trinajstić information content (AvgIpc) is 3.02. The number of rotatable bonds is 5. The summed E-state index contributed by atoms with van der Waals surface area (Å²) in [6.07, 6.45) is 1.54. The Kier molecular flexibility index (Phi) is 4.99. The van der Waals surface area contributed by atoms with Gasteiger partial charge in [-0.2, -0.15) is 0 Å². The van der Waals surface area contributed by atoms with Gasteiger partial charge in [0.15, 0.2) is 9.84 Å². The van der Waals surface area contributed by atoms with Crippen LogP contribution in [0, 0.1) is 0 Å². The highest BCUT2D eigenvalue weighted by Gasteiger charge is 2.32. The van der Waals surface area contributed by atoms with Crippen molar-refractivity contribution in [2.24, 2.45) is 0 Å². The maximum absolute atomic E-state index is 13.1. The van der Waals surface area contributed by atoms with Gasteiger partial charge in [-0.3, -0.25) is 4.79 Å². The fourth-order valence-corrected chi connectivity index (χ4v) is 4.06. The normalized spacial score (nSPS) is 17.7. The lowest BCUT2D eigenvalue weighted by Gasteiger charge is -2.28. The molecule has 26 heavy (non-hydrogen) atoms. The number of hydrogen-bond acceptors (Lipinski definition) is 5. The summed E-state index contributed by atoms with van der Waals surface area (Å²) in [4.78, 5) is 14.6. The molecule has 0 saturated carbocycles. The number of anilines is 1. The summed E-state index contributed by atoms with van der Waals surface area (Å²) in [7, 11) is -0.199. The first-order valence-electron chi connectivity index (χ1n) is 7.96.